The molecule has 1 unspecified atom stereocenters. The lowest BCUT2D eigenvalue weighted by Crippen LogP contribution is -2.33. The van der Waals surface area contributed by atoms with Crippen LogP contribution in [-0.2, 0) is 14.8 Å². The van der Waals surface area contributed by atoms with Crippen molar-refractivity contribution in [3.63, 3.8) is 0 Å². The summed E-state index contributed by atoms with van der Waals surface area (Å²) in [5.74, 6) is -0.881. The predicted octanol–water partition coefficient (Wildman–Crippen LogP) is 1.58. The summed E-state index contributed by atoms with van der Waals surface area (Å²) < 4.78 is 33.6. The Bertz CT molecular complexity index is 829. The van der Waals surface area contributed by atoms with Crippen LogP contribution in [0.5, 0.6) is 5.75 Å². The van der Waals surface area contributed by atoms with Gasteiger partial charge < -0.3 is 9.84 Å². The zero-order chi connectivity index (χ0) is 17.9. The minimum Gasteiger partial charge on any atom is -0.497 e. The molecule has 0 amide bonds. The molecule has 9 heteroatoms. The summed E-state index contributed by atoms with van der Waals surface area (Å²) in [4.78, 5) is 11.4. The fraction of sp³-hybridized carbons (Fsp3) is 0.333. The Morgan fingerprint density at radius 3 is 2.62 bits per heavy atom. The quantitative estimate of drug-likeness (QED) is 0.782. The lowest BCUT2D eigenvalue weighted by molar-refractivity contribution is -0.139. The number of carbonyl (C=O) groups is 1. The standard InChI is InChI=1S/C15H19N3O5S/c1-10(2)18-9-13(8-16-18)24(21,22)17-14(15(19)20)11-5-4-6-12(7-11)23-3/h4-10,14,17H,1-3H3,(H,19,20). The first kappa shape index (κ1) is 18.0. The Hall–Kier alpha value is -2.39. The highest BCUT2D eigenvalue weighted by atomic mass is 32.2. The van der Waals surface area contributed by atoms with Crippen molar-refractivity contribution in [1.29, 1.82) is 0 Å². The normalized spacial score (nSPS) is 13.0. The number of rotatable bonds is 7. The molecule has 0 fully saturated rings. The summed E-state index contributed by atoms with van der Waals surface area (Å²) in [7, 11) is -2.60. The number of ether oxygens (including phenoxy) is 1. The van der Waals surface area contributed by atoms with E-state index in [9.17, 15) is 18.3 Å². The molecular formula is C15H19N3O5S. The first-order chi connectivity index (χ1) is 11.2. The van der Waals surface area contributed by atoms with Crippen molar-refractivity contribution < 1.29 is 23.1 Å². The van der Waals surface area contributed by atoms with Crippen molar-refractivity contribution in [3.8, 4) is 5.75 Å². The summed E-state index contributed by atoms with van der Waals surface area (Å²) >= 11 is 0. The monoisotopic (exact) mass is 353 g/mol. The summed E-state index contributed by atoms with van der Waals surface area (Å²) in [6.07, 6.45) is 2.55. The molecule has 0 aliphatic heterocycles. The van der Waals surface area contributed by atoms with Gasteiger partial charge in [0.25, 0.3) is 0 Å². The van der Waals surface area contributed by atoms with Crippen LogP contribution in [0.25, 0.3) is 0 Å². The summed E-state index contributed by atoms with van der Waals surface area (Å²) in [5, 5.41) is 13.4. The Morgan fingerprint density at radius 1 is 1.38 bits per heavy atom. The number of methoxy groups -OCH3 is 1. The van der Waals surface area contributed by atoms with Gasteiger partial charge in [-0.25, -0.2) is 8.42 Å². The van der Waals surface area contributed by atoms with Crippen molar-refractivity contribution >= 4 is 16.0 Å². The van der Waals surface area contributed by atoms with Gasteiger partial charge in [-0.05, 0) is 31.5 Å². The number of hydrogen-bond donors (Lipinski definition) is 2. The van der Waals surface area contributed by atoms with E-state index >= 15 is 0 Å². The van der Waals surface area contributed by atoms with Crippen molar-refractivity contribution in [2.45, 2.75) is 30.8 Å². The molecule has 2 N–H and O–H groups in total. The highest BCUT2D eigenvalue weighted by Gasteiger charge is 2.28. The molecule has 0 bridgehead atoms. The van der Waals surface area contributed by atoms with Crippen molar-refractivity contribution in [3.05, 3.63) is 42.2 Å². The van der Waals surface area contributed by atoms with Crippen LogP contribution in [0.3, 0.4) is 0 Å². The van der Waals surface area contributed by atoms with Gasteiger partial charge >= 0.3 is 5.97 Å². The van der Waals surface area contributed by atoms with Gasteiger partial charge in [0, 0.05) is 12.2 Å². The largest absolute Gasteiger partial charge is 0.497 e. The van der Waals surface area contributed by atoms with Crippen molar-refractivity contribution in [2.24, 2.45) is 0 Å². The van der Waals surface area contributed by atoms with Crippen LogP contribution in [0.2, 0.25) is 0 Å². The van der Waals surface area contributed by atoms with E-state index in [0.717, 1.165) is 0 Å². The van der Waals surface area contributed by atoms with Crippen LogP contribution < -0.4 is 9.46 Å². The molecule has 0 aliphatic rings. The zero-order valence-corrected chi connectivity index (χ0v) is 14.3. The van der Waals surface area contributed by atoms with Gasteiger partial charge in [0.2, 0.25) is 10.0 Å². The maximum atomic E-state index is 12.5. The van der Waals surface area contributed by atoms with E-state index in [2.05, 4.69) is 9.82 Å². The summed E-state index contributed by atoms with van der Waals surface area (Å²) in [6, 6.07) is 4.77. The first-order valence-electron chi connectivity index (χ1n) is 7.18. The molecule has 1 aromatic carbocycles. The first-order valence-corrected chi connectivity index (χ1v) is 8.66. The molecule has 0 saturated carbocycles. The molecule has 0 saturated heterocycles. The molecule has 8 nitrogen and oxygen atoms in total. The van der Waals surface area contributed by atoms with Gasteiger partial charge in [-0.2, -0.15) is 9.82 Å². The van der Waals surface area contributed by atoms with Gasteiger partial charge in [0.05, 0.1) is 13.3 Å². The van der Waals surface area contributed by atoms with Crippen LogP contribution in [-0.4, -0.2) is 36.4 Å². The number of carboxylic acid groups (broad SMARTS) is 1. The minimum atomic E-state index is -4.04. The number of aliphatic carboxylic acids is 1. The average molecular weight is 353 g/mol. The average Bonchev–Trinajstić information content (AvgIpc) is 3.03. The Balaban J connectivity index is 2.33. The van der Waals surface area contributed by atoms with Crippen LogP contribution in [0.4, 0.5) is 0 Å². The number of hydrogen-bond acceptors (Lipinski definition) is 5. The van der Waals surface area contributed by atoms with E-state index in [1.165, 1.54) is 36.3 Å². The number of carboxylic acids is 1. The molecule has 1 heterocycles. The predicted molar refractivity (Wildman–Crippen MR) is 86.3 cm³/mol. The van der Waals surface area contributed by atoms with Gasteiger partial charge in [-0.15, -0.1) is 0 Å². The Kier molecular flexibility index (Phi) is 5.25. The highest BCUT2D eigenvalue weighted by Crippen LogP contribution is 2.22. The molecule has 24 heavy (non-hydrogen) atoms. The maximum absolute atomic E-state index is 12.5. The minimum absolute atomic E-state index is 0.0115. The second kappa shape index (κ2) is 7.02. The molecular weight excluding hydrogens is 334 g/mol. The molecule has 2 rings (SSSR count). The number of benzene rings is 1. The highest BCUT2D eigenvalue weighted by molar-refractivity contribution is 7.89. The molecule has 130 valence electrons. The SMILES string of the molecule is COc1cccc(C(NS(=O)(=O)c2cnn(C(C)C)c2)C(=O)O)c1. The fourth-order valence-electron chi connectivity index (χ4n) is 2.05. The van der Waals surface area contributed by atoms with E-state index in [1.54, 1.807) is 12.1 Å². The second-order valence-electron chi connectivity index (χ2n) is 5.42. The van der Waals surface area contributed by atoms with E-state index in [0.29, 0.717) is 5.75 Å². The number of sulfonamides is 1. The topological polar surface area (TPSA) is 111 Å². The smallest absolute Gasteiger partial charge is 0.326 e. The zero-order valence-electron chi connectivity index (χ0n) is 13.5. The maximum Gasteiger partial charge on any atom is 0.326 e. The third-order valence-electron chi connectivity index (χ3n) is 3.36. The van der Waals surface area contributed by atoms with Gasteiger partial charge in [0.1, 0.15) is 16.7 Å². The van der Waals surface area contributed by atoms with E-state index in [-0.39, 0.29) is 16.5 Å². The third kappa shape index (κ3) is 3.92. The second-order valence-corrected chi connectivity index (χ2v) is 7.13. The molecule has 0 radical (unpaired) electrons. The number of nitrogens with zero attached hydrogens (tertiary/aromatic N) is 2. The Morgan fingerprint density at radius 2 is 2.08 bits per heavy atom. The van der Waals surface area contributed by atoms with Gasteiger partial charge in [-0.3, -0.25) is 9.48 Å². The van der Waals surface area contributed by atoms with Gasteiger partial charge in [-0.1, -0.05) is 12.1 Å². The lowest BCUT2D eigenvalue weighted by atomic mass is 10.1. The molecule has 0 aliphatic carbocycles. The van der Waals surface area contributed by atoms with Crippen LogP contribution in [0.15, 0.2) is 41.6 Å². The summed E-state index contributed by atoms with van der Waals surface area (Å²) in [5.41, 5.74) is 0.265. The van der Waals surface area contributed by atoms with Crippen LogP contribution in [0, 0.1) is 0 Å². The van der Waals surface area contributed by atoms with E-state index in [1.807, 2.05) is 13.8 Å². The lowest BCUT2D eigenvalue weighted by Gasteiger charge is -2.15. The molecule has 2 aromatic rings. The molecule has 0 spiro atoms. The Labute approximate surface area is 140 Å². The van der Waals surface area contributed by atoms with E-state index < -0.39 is 22.0 Å². The third-order valence-corrected chi connectivity index (χ3v) is 4.74. The van der Waals surface area contributed by atoms with Gasteiger partial charge in [0.15, 0.2) is 0 Å². The fourth-order valence-corrected chi connectivity index (χ4v) is 3.16. The number of aromatic nitrogens is 2. The van der Waals surface area contributed by atoms with Crippen molar-refractivity contribution in [2.75, 3.05) is 7.11 Å². The van der Waals surface area contributed by atoms with Crippen molar-refractivity contribution in [1.82, 2.24) is 14.5 Å². The number of nitrogens with one attached hydrogen (secondary N) is 1. The van der Waals surface area contributed by atoms with E-state index in [4.69, 9.17) is 4.74 Å². The summed E-state index contributed by atoms with van der Waals surface area (Å²) in [6.45, 7) is 3.71. The molecule has 1 aromatic heterocycles. The molecule has 1 atom stereocenters. The van der Waals surface area contributed by atoms with Crippen LogP contribution in [0.1, 0.15) is 31.5 Å². The van der Waals surface area contributed by atoms with Crippen LogP contribution >= 0.6 is 0 Å².